The summed E-state index contributed by atoms with van der Waals surface area (Å²) in [4.78, 5) is -0.188. The van der Waals surface area contributed by atoms with Crippen LogP contribution in [0.5, 0.6) is 0 Å². The first kappa shape index (κ1) is 14.9. The quantitative estimate of drug-likeness (QED) is 0.856. The third kappa shape index (κ3) is 2.64. The Hall–Kier alpha value is -1.14. The fourth-order valence-electron chi connectivity index (χ4n) is 1.43. The van der Waals surface area contributed by atoms with Crippen LogP contribution in [0.3, 0.4) is 0 Å². The van der Waals surface area contributed by atoms with Gasteiger partial charge in [-0.05, 0) is 38.5 Å². The molecule has 0 saturated carbocycles. The summed E-state index contributed by atoms with van der Waals surface area (Å²) in [6, 6.07) is 3.35. The molecule has 0 aliphatic rings. The largest absolute Gasteiger partial charge is 0.398 e. The van der Waals surface area contributed by atoms with Gasteiger partial charge in [-0.15, -0.1) is 0 Å². The normalized spacial score (nSPS) is 13.0. The molecular formula is C12H19FN2O2S. The molecule has 0 unspecified atom stereocenters. The first-order valence-electron chi connectivity index (χ1n) is 5.67. The molecule has 0 radical (unpaired) electrons. The maximum Gasteiger partial charge on any atom is 0.245 e. The van der Waals surface area contributed by atoms with E-state index in [4.69, 9.17) is 5.73 Å². The monoisotopic (exact) mass is 274 g/mol. The molecule has 0 bridgehead atoms. The Balaban J connectivity index is 3.34. The minimum atomic E-state index is -3.79. The summed E-state index contributed by atoms with van der Waals surface area (Å²) in [7, 11) is -2.32. The van der Waals surface area contributed by atoms with Crippen LogP contribution >= 0.6 is 0 Å². The zero-order chi connectivity index (χ0) is 14.1. The van der Waals surface area contributed by atoms with Crippen molar-refractivity contribution in [3.05, 3.63) is 24.0 Å². The van der Waals surface area contributed by atoms with Crippen LogP contribution in [-0.4, -0.2) is 25.3 Å². The summed E-state index contributed by atoms with van der Waals surface area (Å²) in [6.07, 6.45) is 0.637. The van der Waals surface area contributed by atoms with Gasteiger partial charge in [-0.3, -0.25) is 0 Å². The van der Waals surface area contributed by atoms with Crippen LogP contribution in [0.4, 0.5) is 10.1 Å². The summed E-state index contributed by atoms with van der Waals surface area (Å²) >= 11 is 0. The lowest BCUT2D eigenvalue weighted by molar-refractivity contribution is 0.257. The molecule has 1 rings (SSSR count). The van der Waals surface area contributed by atoms with Crippen LogP contribution in [-0.2, 0) is 10.0 Å². The minimum Gasteiger partial charge on any atom is -0.398 e. The molecule has 0 atom stereocenters. The summed E-state index contributed by atoms with van der Waals surface area (Å²) in [6.45, 7) is 5.50. The molecule has 6 heteroatoms. The van der Waals surface area contributed by atoms with E-state index in [1.165, 1.54) is 17.4 Å². The summed E-state index contributed by atoms with van der Waals surface area (Å²) in [5.74, 6) is -0.620. The van der Waals surface area contributed by atoms with Crippen molar-refractivity contribution in [2.45, 2.75) is 37.6 Å². The lowest BCUT2D eigenvalue weighted by Crippen LogP contribution is -2.44. The number of nitrogens with zero attached hydrogens (tertiary/aromatic N) is 1. The fourth-order valence-corrected chi connectivity index (χ4v) is 3.13. The number of rotatable bonds is 4. The molecule has 4 nitrogen and oxygen atoms in total. The minimum absolute atomic E-state index is 0.0511. The zero-order valence-electron chi connectivity index (χ0n) is 11.1. The first-order valence-corrected chi connectivity index (χ1v) is 7.11. The average Bonchev–Trinajstić information content (AvgIpc) is 2.31. The van der Waals surface area contributed by atoms with Gasteiger partial charge < -0.3 is 5.73 Å². The lowest BCUT2D eigenvalue weighted by atomic mass is 10.0. The first-order chi connectivity index (χ1) is 8.13. The van der Waals surface area contributed by atoms with Gasteiger partial charge in [-0.2, -0.15) is 4.31 Å². The Morgan fingerprint density at radius 1 is 1.39 bits per heavy atom. The summed E-state index contributed by atoms with van der Waals surface area (Å²) in [5.41, 5.74) is 5.12. The lowest BCUT2D eigenvalue weighted by Gasteiger charge is -2.33. The Kier molecular flexibility index (Phi) is 4.02. The second-order valence-corrected chi connectivity index (χ2v) is 6.76. The van der Waals surface area contributed by atoms with Crippen LogP contribution in [0.1, 0.15) is 27.2 Å². The second-order valence-electron chi connectivity index (χ2n) is 4.82. The van der Waals surface area contributed by atoms with E-state index in [1.54, 1.807) is 13.8 Å². The molecule has 1 aromatic carbocycles. The molecule has 0 saturated heterocycles. The van der Waals surface area contributed by atoms with E-state index in [-0.39, 0.29) is 10.6 Å². The SMILES string of the molecule is CCC(C)(C)N(C)S(=O)(=O)c1cc(F)ccc1N. The van der Waals surface area contributed by atoms with E-state index in [1.807, 2.05) is 6.92 Å². The van der Waals surface area contributed by atoms with Crippen LogP contribution < -0.4 is 5.73 Å². The smallest absolute Gasteiger partial charge is 0.245 e. The number of nitrogens with two attached hydrogens (primary N) is 1. The van der Waals surface area contributed by atoms with Crippen molar-refractivity contribution in [3.63, 3.8) is 0 Å². The molecule has 102 valence electrons. The molecule has 0 aliphatic carbocycles. The van der Waals surface area contributed by atoms with Gasteiger partial charge >= 0.3 is 0 Å². The van der Waals surface area contributed by atoms with Gasteiger partial charge in [-0.25, -0.2) is 12.8 Å². The van der Waals surface area contributed by atoms with Gasteiger partial charge in [0, 0.05) is 12.6 Å². The third-order valence-electron chi connectivity index (χ3n) is 3.33. The molecule has 0 aliphatic heterocycles. The van der Waals surface area contributed by atoms with Crippen molar-refractivity contribution in [1.82, 2.24) is 4.31 Å². The number of halogens is 1. The molecule has 0 fully saturated rings. The van der Waals surface area contributed by atoms with Gasteiger partial charge in [0.25, 0.3) is 0 Å². The van der Waals surface area contributed by atoms with E-state index in [2.05, 4.69) is 0 Å². The second kappa shape index (κ2) is 4.85. The van der Waals surface area contributed by atoms with E-state index in [9.17, 15) is 12.8 Å². The number of sulfonamides is 1. The maximum atomic E-state index is 13.2. The van der Waals surface area contributed by atoms with Crippen molar-refractivity contribution in [2.75, 3.05) is 12.8 Å². The number of benzene rings is 1. The summed E-state index contributed by atoms with van der Waals surface area (Å²) in [5, 5.41) is 0. The average molecular weight is 274 g/mol. The highest BCUT2D eigenvalue weighted by molar-refractivity contribution is 7.89. The van der Waals surface area contributed by atoms with E-state index < -0.39 is 21.4 Å². The van der Waals surface area contributed by atoms with Crippen molar-refractivity contribution in [1.29, 1.82) is 0 Å². The highest BCUT2D eigenvalue weighted by Crippen LogP contribution is 2.28. The van der Waals surface area contributed by atoms with E-state index >= 15 is 0 Å². The third-order valence-corrected chi connectivity index (χ3v) is 5.46. The molecule has 1 aromatic rings. The van der Waals surface area contributed by atoms with Crippen molar-refractivity contribution < 1.29 is 12.8 Å². The molecule has 0 heterocycles. The summed E-state index contributed by atoms with van der Waals surface area (Å²) < 4.78 is 39.2. The Labute approximate surface area is 108 Å². The Bertz CT molecular complexity index is 541. The molecule has 2 N–H and O–H groups in total. The predicted molar refractivity (Wildman–Crippen MR) is 70.1 cm³/mol. The molecular weight excluding hydrogens is 255 g/mol. The number of nitrogen functional groups attached to an aromatic ring is 1. The highest BCUT2D eigenvalue weighted by Gasteiger charge is 2.33. The van der Waals surface area contributed by atoms with Crippen LogP contribution in [0, 0.1) is 5.82 Å². The predicted octanol–water partition coefficient (Wildman–Crippen LogP) is 2.22. The van der Waals surface area contributed by atoms with Gasteiger partial charge in [-0.1, -0.05) is 6.92 Å². The molecule has 0 amide bonds. The van der Waals surface area contributed by atoms with Crippen LogP contribution in [0.2, 0.25) is 0 Å². The highest BCUT2D eigenvalue weighted by atomic mass is 32.2. The topological polar surface area (TPSA) is 63.4 Å². The molecule has 0 spiro atoms. The maximum absolute atomic E-state index is 13.2. The van der Waals surface area contributed by atoms with Crippen molar-refractivity contribution >= 4 is 15.7 Å². The van der Waals surface area contributed by atoms with E-state index in [0.29, 0.717) is 6.42 Å². The Morgan fingerprint density at radius 3 is 2.44 bits per heavy atom. The molecule has 0 aromatic heterocycles. The zero-order valence-corrected chi connectivity index (χ0v) is 11.9. The number of anilines is 1. The van der Waals surface area contributed by atoms with E-state index in [0.717, 1.165) is 12.1 Å². The van der Waals surface area contributed by atoms with Crippen molar-refractivity contribution in [3.8, 4) is 0 Å². The number of hydrogen-bond donors (Lipinski definition) is 1. The Morgan fingerprint density at radius 2 is 1.94 bits per heavy atom. The van der Waals surface area contributed by atoms with Gasteiger partial charge in [0.05, 0.1) is 5.69 Å². The number of hydrogen-bond acceptors (Lipinski definition) is 3. The van der Waals surface area contributed by atoms with Gasteiger partial charge in [0.1, 0.15) is 10.7 Å². The van der Waals surface area contributed by atoms with Crippen molar-refractivity contribution in [2.24, 2.45) is 0 Å². The standard InChI is InChI=1S/C12H19FN2O2S/c1-5-12(2,3)15(4)18(16,17)11-8-9(13)6-7-10(11)14/h6-8H,5,14H2,1-4H3. The fraction of sp³-hybridized carbons (Fsp3) is 0.500. The van der Waals surface area contributed by atoms with Gasteiger partial charge in [0.15, 0.2) is 0 Å². The van der Waals surface area contributed by atoms with Crippen LogP contribution in [0.15, 0.2) is 23.1 Å². The van der Waals surface area contributed by atoms with Gasteiger partial charge in [0.2, 0.25) is 10.0 Å². The molecule has 18 heavy (non-hydrogen) atoms. The van der Waals surface area contributed by atoms with Crippen LogP contribution in [0.25, 0.3) is 0 Å².